The number of rotatable bonds is 5. The third kappa shape index (κ3) is 4.49. The van der Waals surface area contributed by atoms with Gasteiger partial charge in [0, 0.05) is 6.08 Å². The van der Waals surface area contributed by atoms with Gasteiger partial charge in [-0.1, -0.05) is 61.6 Å². The highest BCUT2D eigenvalue weighted by Gasteiger charge is 2.21. The van der Waals surface area contributed by atoms with Gasteiger partial charge in [-0.15, -0.1) is 0 Å². The number of hydrogen-bond donors (Lipinski definition) is 0. The van der Waals surface area contributed by atoms with E-state index in [1.54, 1.807) is 6.08 Å². The van der Waals surface area contributed by atoms with Gasteiger partial charge >= 0.3 is 5.97 Å². The summed E-state index contributed by atoms with van der Waals surface area (Å²) >= 11 is 0. The van der Waals surface area contributed by atoms with Crippen molar-refractivity contribution in [2.45, 2.75) is 39.6 Å². The second-order valence-corrected chi connectivity index (χ2v) is 10.4. The largest absolute Gasteiger partial charge is 0.458 e. The smallest absolute Gasteiger partial charge is 0.330 e. The van der Waals surface area contributed by atoms with Crippen LogP contribution in [0.3, 0.4) is 0 Å². The Labute approximate surface area is 111 Å². The number of esters is 1. The van der Waals surface area contributed by atoms with Gasteiger partial charge in [0.15, 0.2) is 0 Å². The van der Waals surface area contributed by atoms with Gasteiger partial charge in [-0.3, -0.25) is 0 Å². The number of carbonyl (C=O) groups excluding carboxylic acids is 1. The number of benzene rings is 1. The van der Waals surface area contributed by atoms with Crippen molar-refractivity contribution >= 4 is 14.0 Å². The Morgan fingerprint density at radius 1 is 1.28 bits per heavy atom. The predicted octanol–water partition coefficient (Wildman–Crippen LogP) is 3.94. The lowest BCUT2D eigenvalue weighted by Crippen LogP contribution is -2.26. The average Bonchev–Trinajstić information content (AvgIpc) is 2.37. The van der Waals surface area contributed by atoms with Crippen LogP contribution in [0.15, 0.2) is 41.6 Å². The van der Waals surface area contributed by atoms with Gasteiger partial charge in [-0.25, -0.2) is 4.79 Å². The van der Waals surface area contributed by atoms with Gasteiger partial charge in [0.2, 0.25) is 0 Å². The summed E-state index contributed by atoms with van der Waals surface area (Å²) in [6.07, 6.45) is 1.67. The first-order valence-electron chi connectivity index (χ1n) is 6.35. The van der Waals surface area contributed by atoms with Crippen molar-refractivity contribution in [3.63, 3.8) is 0 Å². The van der Waals surface area contributed by atoms with Gasteiger partial charge in [-0.2, -0.15) is 0 Å². The molecule has 1 rings (SSSR count). The molecule has 2 nitrogen and oxygen atoms in total. The minimum Gasteiger partial charge on any atom is -0.458 e. The molecule has 18 heavy (non-hydrogen) atoms. The first-order valence-corrected chi connectivity index (χ1v) is 9.56. The van der Waals surface area contributed by atoms with Crippen LogP contribution < -0.4 is 0 Å². The number of ether oxygens (including phenoxy) is 1. The molecule has 0 heterocycles. The zero-order chi connectivity index (χ0) is 13.6. The summed E-state index contributed by atoms with van der Waals surface area (Å²) in [6, 6.07) is 10.9. The SMILES string of the molecule is CC[Si](C)(C)/C(C)=C/C(=O)OCc1ccccc1. The number of allylic oxidation sites excluding steroid dienone is 1. The van der Waals surface area contributed by atoms with E-state index in [2.05, 4.69) is 20.0 Å². The van der Waals surface area contributed by atoms with Crippen LogP contribution in [-0.4, -0.2) is 14.0 Å². The van der Waals surface area contributed by atoms with Crippen molar-refractivity contribution < 1.29 is 9.53 Å². The number of carbonyl (C=O) groups is 1. The van der Waals surface area contributed by atoms with Crippen molar-refractivity contribution in [1.29, 1.82) is 0 Å². The van der Waals surface area contributed by atoms with Gasteiger partial charge in [0.05, 0.1) is 8.07 Å². The summed E-state index contributed by atoms with van der Waals surface area (Å²) in [4.78, 5) is 11.7. The average molecular weight is 262 g/mol. The van der Waals surface area contributed by atoms with E-state index < -0.39 is 8.07 Å². The highest BCUT2D eigenvalue weighted by Crippen LogP contribution is 2.18. The zero-order valence-electron chi connectivity index (χ0n) is 11.7. The Bertz CT molecular complexity index is 421. The van der Waals surface area contributed by atoms with Crippen molar-refractivity contribution in [1.82, 2.24) is 0 Å². The lowest BCUT2D eigenvalue weighted by atomic mass is 10.2. The second kappa shape index (κ2) is 6.54. The van der Waals surface area contributed by atoms with E-state index in [1.807, 2.05) is 37.3 Å². The molecule has 0 N–H and O–H groups in total. The molecule has 0 radical (unpaired) electrons. The van der Waals surface area contributed by atoms with Crippen LogP contribution in [0, 0.1) is 0 Å². The van der Waals surface area contributed by atoms with Crippen LogP contribution in [0.2, 0.25) is 19.1 Å². The van der Waals surface area contributed by atoms with E-state index in [1.165, 1.54) is 5.20 Å². The summed E-state index contributed by atoms with van der Waals surface area (Å²) in [5.41, 5.74) is 1.02. The lowest BCUT2D eigenvalue weighted by Gasteiger charge is -2.20. The third-order valence-corrected chi connectivity index (χ3v) is 7.56. The Morgan fingerprint density at radius 3 is 2.44 bits per heavy atom. The van der Waals surface area contributed by atoms with Gasteiger partial charge in [0.25, 0.3) is 0 Å². The maximum atomic E-state index is 11.7. The minimum atomic E-state index is -1.39. The van der Waals surface area contributed by atoms with E-state index in [0.29, 0.717) is 6.61 Å². The summed E-state index contributed by atoms with van der Waals surface area (Å²) in [7, 11) is -1.39. The van der Waals surface area contributed by atoms with Crippen LogP contribution in [0.1, 0.15) is 19.4 Å². The Kier molecular flexibility index (Phi) is 5.35. The quantitative estimate of drug-likeness (QED) is 0.456. The van der Waals surface area contributed by atoms with E-state index in [4.69, 9.17) is 4.74 Å². The van der Waals surface area contributed by atoms with Crippen LogP contribution in [-0.2, 0) is 16.1 Å². The molecule has 1 aromatic carbocycles. The molecule has 0 bridgehead atoms. The fourth-order valence-electron chi connectivity index (χ4n) is 1.42. The molecule has 98 valence electrons. The molecule has 0 aromatic heterocycles. The van der Waals surface area contributed by atoms with Crippen molar-refractivity contribution in [2.24, 2.45) is 0 Å². The number of hydrogen-bond acceptors (Lipinski definition) is 2. The van der Waals surface area contributed by atoms with Gasteiger partial charge in [0.1, 0.15) is 6.61 Å². The fourth-order valence-corrected chi connectivity index (χ4v) is 2.49. The molecule has 0 aliphatic carbocycles. The standard InChI is InChI=1S/C15H22O2Si/c1-5-18(3,4)13(2)11-15(16)17-12-14-9-7-6-8-10-14/h6-11H,5,12H2,1-4H3/b13-11+. The summed E-state index contributed by atoms with van der Waals surface area (Å²) in [5, 5.41) is 1.20. The highest BCUT2D eigenvalue weighted by molar-refractivity contribution is 6.84. The molecule has 0 atom stereocenters. The minimum absolute atomic E-state index is 0.231. The van der Waals surface area contributed by atoms with Crippen LogP contribution in [0.4, 0.5) is 0 Å². The van der Waals surface area contributed by atoms with Crippen LogP contribution in [0.25, 0.3) is 0 Å². The first-order chi connectivity index (χ1) is 8.45. The summed E-state index contributed by atoms with van der Waals surface area (Å²) in [6.45, 7) is 9.10. The Morgan fingerprint density at radius 2 is 1.89 bits per heavy atom. The van der Waals surface area contributed by atoms with E-state index in [9.17, 15) is 4.79 Å². The topological polar surface area (TPSA) is 26.3 Å². The maximum absolute atomic E-state index is 11.7. The lowest BCUT2D eigenvalue weighted by molar-refractivity contribution is -0.139. The second-order valence-electron chi connectivity index (χ2n) is 5.16. The molecule has 0 saturated carbocycles. The Balaban J connectivity index is 2.55. The molecule has 0 saturated heterocycles. The first kappa shape index (κ1) is 14.7. The molecule has 0 spiro atoms. The van der Waals surface area contributed by atoms with Crippen molar-refractivity contribution in [2.75, 3.05) is 0 Å². The molecular formula is C15H22O2Si. The molecule has 0 aliphatic rings. The summed E-state index contributed by atoms with van der Waals surface area (Å²) < 4.78 is 5.25. The third-order valence-electron chi connectivity index (χ3n) is 3.51. The highest BCUT2D eigenvalue weighted by atomic mass is 28.3. The molecule has 0 aliphatic heterocycles. The molecular weight excluding hydrogens is 240 g/mol. The van der Waals surface area contributed by atoms with Crippen molar-refractivity contribution in [3.05, 3.63) is 47.2 Å². The zero-order valence-corrected chi connectivity index (χ0v) is 12.7. The maximum Gasteiger partial charge on any atom is 0.330 e. The normalized spacial score (nSPS) is 12.3. The molecule has 0 fully saturated rings. The molecule has 0 unspecified atom stereocenters. The van der Waals surface area contributed by atoms with Crippen LogP contribution in [0.5, 0.6) is 0 Å². The van der Waals surface area contributed by atoms with E-state index in [-0.39, 0.29) is 5.97 Å². The molecule has 1 aromatic rings. The van der Waals surface area contributed by atoms with E-state index >= 15 is 0 Å². The fraction of sp³-hybridized carbons (Fsp3) is 0.400. The van der Waals surface area contributed by atoms with Crippen LogP contribution >= 0.6 is 0 Å². The van der Waals surface area contributed by atoms with Gasteiger partial charge in [-0.05, 0) is 12.5 Å². The monoisotopic (exact) mass is 262 g/mol. The summed E-state index contributed by atoms with van der Waals surface area (Å²) in [5.74, 6) is -0.231. The Hall–Kier alpha value is -1.35. The van der Waals surface area contributed by atoms with Crippen molar-refractivity contribution in [3.8, 4) is 0 Å². The molecule has 0 amide bonds. The predicted molar refractivity (Wildman–Crippen MR) is 78.0 cm³/mol. The van der Waals surface area contributed by atoms with Gasteiger partial charge < -0.3 is 4.74 Å². The van der Waals surface area contributed by atoms with E-state index in [0.717, 1.165) is 11.6 Å². The molecule has 3 heteroatoms.